The second-order valence-electron chi connectivity index (χ2n) is 6.01. The summed E-state index contributed by atoms with van der Waals surface area (Å²) in [6.45, 7) is 0.456. The van der Waals surface area contributed by atoms with E-state index in [1.54, 1.807) is 0 Å². The lowest BCUT2D eigenvalue weighted by Gasteiger charge is -2.11. The van der Waals surface area contributed by atoms with E-state index in [2.05, 4.69) is 22.5 Å². The van der Waals surface area contributed by atoms with Gasteiger partial charge in [-0.05, 0) is 47.2 Å². The van der Waals surface area contributed by atoms with Crippen molar-refractivity contribution in [2.24, 2.45) is 0 Å². The topological polar surface area (TPSA) is 31.4 Å². The van der Waals surface area contributed by atoms with Crippen LogP contribution in [-0.4, -0.2) is 4.98 Å². The van der Waals surface area contributed by atoms with Crippen LogP contribution < -0.4 is 9.47 Å². The summed E-state index contributed by atoms with van der Waals surface area (Å²) in [4.78, 5) is 4.43. The van der Waals surface area contributed by atoms with Gasteiger partial charge in [-0.15, -0.1) is 11.8 Å². The zero-order valence-electron chi connectivity index (χ0n) is 14.2. The van der Waals surface area contributed by atoms with Crippen molar-refractivity contribution in [3.8, 4) is 17.4 Å². The minimum Gasteiger partial charge on any atom is -0.473 e. The highest BCUT2D eigenvalue weighted by Crippen LogP contribution is 2.38. The lowest BCUT2D eigenvalue weighted by atomic mass is 10.1. The average molecular weight is 361 g/mol. The first-order valence-electron chi connectivity index (χ1n) is 8.58. The molecule has 26 heavy (non-hydrogen) atoms. The number of ether oxygens (including phenoxy) is 2. The number of hydrogen-bond donors (Lipinski definition) is 0. The Hall–Kier alpha value is -2.72. The SMILES string of the molecule is C1=CSC(c2ccc(OCc3cccc(Oc4ccccc4)c3)nc2)C1. The first-order chi connectivity index (χ1) is 12.9. The number of nitrogens with zero attached hydrogens (tertiary/aromatic N) is 1. The van der Waals surface area contributed by atoms with E-state index in [1.807, 2.05) is 78.6 Å². The van der Waals surface area contributed by atoms with Crippen LogP contribution in [0.2, 0.25) is 0 Å². The smallest absolute Gasteiger partial charge is 0.213 e. The molecule has 3 nitrogen and oxygen atoms in total. The molecule has 0 saturated carbocycles. The van der Waals surface area contributed by atoms with E-state index in [1.165, 1.54) is 5.56 Å². The third-order valence-corrected chi connectivity index (χ3v) is 5.23. The van der Waals surface area contributed by atoms with Crippen molar-refractivity contribution in [1.82, 2.24) is 4.98 Å². The van der Waals surface area contributed by atoms with E-state index in [-0.39, 0.29) is 0 Å². The van der Waals surface area contributed by atoms with E-state index in [0.29, 0.717) is 17.7 Å². The number of pyridine rings is 1. The quantitative estimate of drug-likeness (QED) is 0.527. The molecule has 0 aliphatic carbocycles. The van der Waals surface area contributed by atoms with Crippen LogP contribution in [0.3, 0.4) is 0 Å². The van der Waals surface area contributed by atoms with E-state index >= 15 is 0 Å². The maximum absolute atomic E-state index is 5.86. The van der Waals surface area contributed by atoms with Crippen LogP contribution in [-0.2, 0) is 6.61 Å². The molecule has 0 N–H and O–H groups in total. The van der Waals surface area contributed by atoms with E-state index < -0.39 is 0 Å². The molecule has 0 amide bonds. The number of hydrogen-bond acceptors (Lipinski definition) is 4. The van der Waals surface area contributed by atoms with Gasteiger partial charge in [-0.3, -0.25) is 0 Å². The van der Waals surface area contributed by atoms with Gasteiger partial charge >= 0.3 is 0 Å². The van der Waals surface area contributed by atoms with Crippen molar-refractivity contribution >= 4 is 11.8 Å². The molecular formula is C22H19NO2S. The molecule has 0 spiro atoms. The van der Waals surface area contributed by atoms with E-state index in [4.69, 9.17) is 9.47 Å². The largest absolute Gasteiger partial charge is 0.473 e. The highest BCUT2D eigenvalue weighted by molar-refractivity contribution is 8.02. The predicted octanol–water partition coefficient (Wildman–Crippen LogP) is 6.14. The fourth-order valence-electron chi connectivity index (χ4n) is 2.75. The number of para-hydroxylation sites is 1. The van der Waals surface area contributed by atoms with E-state index in [9.17, 15) is 0 Å². The van der Waals surface area contributed by atoms with Gasteiger partial charge in [0.2, 0.25) is 5.88 Å². The molecule has 2 aromatic carbocycles. The molecule has 0 fully saturated rings. The molecule has 130 valence electrons. The first-order valence-corrected chi connectivity index (χ1v) is 9.52. The van der Waals surface area contributed by atoms with Crippen LogP contribution in [0.5, 0.6) is 17.4 Å². The summed E-state index contributed by atoms with van der Waals surface area (Å²) in [5.41, 5.74) is 2.28. The van der Waals surface area contributed by atoms with E-state index in [0.717, 1.165) is 23.5 Å². The van der Waals surface area contributed by atoms with Gasteiger partial charge in [0.15, 0.2) is 0 Å². The summed E-state index contributed by atoms with van der Waals surface area (Å²) in [5.74, 6) is 2.26. The Morgan fingerprint density at radius 1 is 0.962 bits per heavy atom. The average Bonchev–Trinajstić information content (AvgIpc) is 3.23. The maximum Gasteiger partial charge on any atom is 0.213 e. The Morgan fingerprint density at radius 2 is 1.85 bits per heavy atom. The molecule has 1 atom stereocenters. The van der Waals surface area contributed by atoms with Gasteiger partial charge in [0, 0.05) is 17.5 Å². The highest BCUT2D eigenvalue weighted by Gasteiger charge is 2.13. The number of allylic oxidation sites excluding steroid dienone is 1. The molecule has 0 radical (unpaired) electrons. The third-order valence-electron chi connectivity index (χ3n) is 4.08. The fourth-order valence-corrected chi connectivity index (χ4v) is 3.68. The predicted molar refractivity (Wildman–Crippen MR) is 106 cm³/mol. The van der Waals surface area contributed by atoms with Gasteiger partial charge in [0.05, 0.1) is 0 Å². The number of benzene rings is 2. The van der Waals surface area contributed by atoms with Gasteiger partial charge in [0.25, 0.3) is 0 Å². The van der Waals surface area contributed by atoms with Gasteiger partial charge in [-0.25, -0.2) is 4.98 Å². The number of aromatic nitrogens is 1. The van der Waals surface area contributed by atoms with Crippen LogP contribution in [0.25, 0.3) is 0 Å². The lowest BCUT2D eigenvalue weighted by Crippen LogP contribution is -1.98. The Kier molecular flexibility index (Phi) is 5.22. The summed E-state index contributed by atoms with van der Waals surface area (Å²) in [6, 6.07) is 21.7. The number of rotatable bonds is 6. The van der Waals surface area contributed by atoms with Crippen LogP contribution in [0.15, 0.2) is 84.4 Å². The molecule has 1 aliphatic heterocycles. The molecule has 0 saturated heterocycles. The van der Waals surface area contributed by atoms with Crippen LogP contribution >= 0.6 is 11.8 Å². The highest BCUT2D eigenvalue weighted by atomic mass is 32.2. The number of thioether (sulfide) groups is 1. The zero-order valence-corrected chi connectivity index (χ0v) is 15.1. The molecule has 0 bridgehead atoms. The molecule has 3 aromatic rings. The summed E-state index contributed by atoms with van der Waals surface area (Å²) < 4.78 is 11.7. The standard InChI is InChI=1S/C22H19NO2S/c1-2-7-19(8-3-1)25-20-9-4-6-17(14-20)16-24-22-12-11-18(15-23-22)21-10-5-13-26-21/h1-9,11-15,21H,10,16H2. The Morgan fingerprint density at radius 3 is 2.62 bits per heavy atom. The second kappa shape index (κ2) is 8.11. The van der Waals surface area contributed by atoms with Crippen molar-refractivity contribution in [3.05, 3.63) is 95.5 Å². The van der Waals surface area contributed by atoms with Crippen molar-refractivity contribution in [1.29, 1.82) is 0 Å². The normalized spacial score (nSPS) is 15.8. The molecule has 4 heteroatoms. The monoisotopic (exact) mass is 361 g/mol. The molecule has 2 heterocycles. The summed E-state index contributed by atoms with van der Waals surface area (Å²) >= 11 is 1.84. The molecule has 1 unspecified atom stereocenters. The molecular weight excluding hydrogens is 342 g/mol. The second-order valence-corrected chi connectivity index (χ2v) is 7.13. The Balaban J connectivity index is 1.36. The van der Waals surface area contributed by atoms with Gasteiger partial charge in [0.1, 0.15) is 18.1 Å². The van der Waals surface area contributed by atoms with Crippen molar-refractivity contribution < 1.29 is 9.47 Å². The Bertz CT molecular complexity index is 870. The van der Waals surface area contributed by atoms with Gasteiger partial charge in [-0.1, -0.05) is 42.5 Å². The minimum atomic E-state index is 0.456. The summed E-state index contributed by atoms with van der Waals surface area (Å²) in [5, 5.41) is 2.64. The third kappa shape index (κ3) is 4.27. The molecule has 1 aromatic heterocycles. The Labute approximate surface area is 157 Å². The minimum absolute atomic E-state index is 0.456. The zero-order chi connectivity index (χ0) is 17.6. The van der Waals surface area contributed by atoms with Crippen molar-refractivity contribution in [3.63, 3.8) is 0 Å². The maximum atomic E-state index is 5.86. The first kappa shape index (κ1) is 16.7. The summed E-state index contributed by atoms with van der Waals surface area (Å²) in [7, 11) is 0. The molecule has 4 rings (SSSR count). The molecule has 1 aliphatic rings. The van der Waals surface area contributed by atoms with Crippen LogP contribution in [0, 0.1) is 0 Å². The fraction of sp³-hybridized carbons (Fsp3) is 0.136. The van der Waals surface area contributed by atoms with Crippen molar-refractivity contribution in [2.75, 3.05) is 0 Å². The van der Waals surface area contributed by atoms with Gasteiger partial charge < -0.3 is 9.47 Å². The lowest BCUT2D eigenvalue weighted by molar-refractivity contribution is 0.293. The van der Waals surface area contributed by atoms with Crippen LogP contribution in [0.4, 0.5) is 0 Å². The van der Waals surface area contributed by atoms with Crippen LogP contribution in [0.1, 0.15) is 22.8 Å². The van der Waals surface area contributed by atoms with Gasteiger partial charge in [-0.2, -0.15) is 0 Å². The summed E-state index contributed by atoms with van der Waals surface area (Å²) in [6.07, 6.45) is 5.18. The van der Waals surface area contributed by atoms with Crippen molar-refractivity contribution in [2.45, 2.75) is 18.3 Å².